The van der Waals surface area contributed by atoms with E-state index in [-0.39, 0.29) is 0 Å². The SMILES string of the molecule is Cc1ccc(CCC(=O)N2C3CCC2CC(N)C3)cc1. The first-order chi connectivity index (χ1) is 9.63. The number of piperidine rings is 1. The smallest absolute Gasteiger partial charge is 0.223 e. The van der Waals surface area contributed by atoms with Crippen LogP contribution in [-0.2, 0) is 11.2 Å². The Morgan fingerprint density at radius 1 is 1.20 bits per heavy atom. The van der Waals surface area contributed by atoms with Gasteiger partial charge >= 0.3 is 0 Å². The van der Waals surface area contributed by atoms with Crippen molar-refractivity contribution in [3.63, 3.8) is 0 Å². The van der Waals surface area contributed by atoms with Gasteiger partial charge in [0.15, 0.2) is 0 Å². The predicted octanol–water partition coefficient (Wildman–Crippen LogP) is 2.41. The second-order valence-corrected chi connectivity index (χ2v) is 6.40. The average Bonchev–Trinajstić information content (AvgIpc) is 2.70. The zero-order chi connectivity index (χ0) is 14.1. The number of carbonyl (C=O) groups is 1. The highest BCUT2D eigenvalue weighted by Crippen LogP contribution is 2.35. The Labute approximate surface area is 121 Å². The molecule has 1 amide bonds. The molecule has 3 rings (SSSR count). The summed E-state index contributed by atoms with van der Waals surface area (Å²) in [6.45, 7) is 2.09. The molecule has 20 heavy (non-hydrogen) atoms. The molecular formula is C17H24N2O. The van der Waals surface area contributed by atoms with Gasteiger partial charge < -0.3 is 10.6 Å². The molecule has 3 heteroatoms. The van der Waals surface area contributed by atoms with Gasteiger partial charge in [0.2, 0.25) is 5.91 Å². The van der Waals surface area contributed by atoms with Gasteiger partial charge in [-0.25, -0.2) is 0 Å². The van der Waals surface area contributed by atoms with Crippen LogP contribution in [0.4, 0.5) is 0 Å². The quantitative estimate of drug-likeness (QED) is 0.918. The first-order valence-corrected chi connectivity index (χ1v) is 7.76. The third kappa shape index (κ3) is 2.73. The van der Waals surface area contributed by atoms with Crippen molar-refractivity contribution in [2.24, 2.45) is 5.73 Å². The summed E-state index contributed by atoms with van der Waals surface area (Å²) in [4.78, 5) is 14.6. The van der Waals surface area contributed by atoms with Gasteiger partial charge in [-0.3, -0.25) is 4.79 Å². The second-order valence-electron chi connectivity index (χ2n) is 6.40. The predicted molar refractivity (Wildman–Crippen MR) is 80.4 cm³/mol. The van der Waals surface area contributed by atoms with E-state index in [1.54, 1.807) is 0 Å². The maximum Gasteiger partial charge on any atom is 0.223 e. The molecule has 2 aliphatic rings. The number of hydrogen-bond acceptors (Lipinski definition) is 2. The standard InChI is InChI=1S/C17H24N2O/c1-12-2-4-13(5-3-12)6-9-17(20)19-15-7-8-16(19)11-14(18)10-15/h2-5,14-16H,6-11,18H2,1H3. The van der Waals surface area contributed by atoms with Crippen LogP contribution in [0, 0.1) is 6.92 Å². The van der Waals surface area contributed by atoms with Crippen LogP contribution in [-0.4, -0.2) is 28.9 Å². The van der Waals surface area contributed by atoms with Gasteiger partial charge in [0.25, 0.3) is 0 Å². The molecule has 1 aromatic carbocycles. The molecule has 2 bridgehead atoms. The summed E-state index contributed by atoms with van der Waals surface area (Å²) >= 11 is 0. The lowest BCUT2D eigenvalue weighted by molar-refractivity contribution is -0.135. The normalized spacial score (nSPS) is 28.7. The minimum atomic E-state index is 0.300. The number of amides is 1. The Hall–Kier alpha value is -1.35. The summed E-state index contributed by atoms with van der Waals surface area (Å²) in [5.74, 6) is 0.324. The Balaban J connectivity index is 1.58. The molecule has 1 aromatic rings. The molecule has 0 aliphatic carbocycles. The van der Waals surface area contributed by atoms with Gasteiger partial charge in [0, 0.05) is 24.5 Å². The first-order valence-electron chi connectivity index (χ1n) is 7.76. The number of nitrogens with zero attached hydrogens (tertiary/aromatic N) is 1. The Morgan fingerprint density at radius 2 is 1.80 bits per heavy atom. The topological polar surface area (TPSA) is 46.3 Å². The summed E-state index contributed by atoms with van der Waals surface area (Å²) in [6, 6.07) is 9.61. The molecule has 2 aliphatic heterocycles. The Bertz CT molecular complexity index is 468. The third-order valence-corrected chi connectivity index (χ3v) is 4.81. The molecule has 0 saturated carbocycles. The van der Waals surface area contributed by atoms with E-state index in [4.69, 9.17) is 5.73 Å². The highest BCUT2D eigenvalue weighted by atomic mass is 16.2. The first kappa shape index (κ1) is 13.6. The molecule has 2 unspecified atom stereocenters. The largest absolute Gasteiger partial charge is 0.337 e. The number of benzene rings is 1. The zero-order valence-electron chi connectivity index (χ0n) is 12.2. The molecule has 2 N–H and O–H groups in total. The van der Waals surface area contributed by atoms with E-state index in [9.17, 15) is 4.79 Å². The fourth-order valence-corrected chi connectivity index (χ4v) is 3.76. The highest BCUT2D eigenvalue weighted by Gasteiger charge is 2.41. The van der Waals surface area contributed by atoms with Crippen molar-refractivity contribution in [3.8, 4) is 0 Å². The van der Waals surface area contributed by atoms with Crippen molar-refractivity contribution >= 4 is 5.91 Å². The summed E-state index contributed by atoms with van der Waals surface area (Å²) in [5, 5.41) is 0. The van der Waals surface area contributed by atoms with Crippen LogP contribution in [0.3, 0.4) is 0 Å². The molecular weight excluding hydrogens is 248 g/mol. The minimum absolute atomic E-state index is 0.300. The maximum atomic E-state index is 12.5. The number of rotatable bonds is 3. The maximum absolute atomic E-state index is 12.5. The summed E-state index contributed by atoms with van der Waals surface area (Å²) in [5.41, 5.74) is 8.58. The van der Waals surface area contributed by atoms with E-state index >= 15 is 0 Å². The molecule has 108 valence electrons. The van der Waals surface area contributed by atoms with E-state index in [1.165, 1.54) is 11.1 Å². The summed E-state index contributed by atoms with van der Waals surface area (Å²) in [6.07, 6.45) is 5.76. The molecule has 2 atom stereocenters. The minimum Gasteiger partial charge on any atom is -0.337 e. The fourth-order valence-electron chi connectivity index (χ4n) is 3.76. The van der Waals surface area contributed by atoms with E-state index in [0.29, 0.717) is 30.5 Å². The lowest BCUT2D eigenvalue weighted by Crippen LogP contribution is -2.50. The lowest BCUT2D eigenvalue weighted by Gasteiger charge is -2.37. The van der Waals surface area contributed by atoms with E-state index in [1.807, 2.05) is 0 Å². The summed E-state index contributed by atoms with van der Waals surface area (Å²) < 4.78 is 0. The average molecular weight is 272 g/mol. The van der Waals surface area contributed by atoms with Gasteiger partial charge in [-0.15, -0.1) is 0 Å². The van der Waals surface area contributed by atoms with Crippen LogP contribution in [0.2, 0.25) is 0 Å². The van der Waals surface area contributed by atoms with Gasteiger partial charge in [0.05, 0.1) is 0 Å². The number of aryl methyl sites for hydroxylation is 2. The summed E-state index contributed by atoms with van der Waals surface area (Å²) in [7, 11) is 0. The fraction of sp³-hybridized carbons (Fsp3) is 0.588. The molecule has 2 fully saturated rings. The molecule has 0 radical (unpaired) electrons. The number of hydrogen-bond donors (Lipinski definition) is 1. The van der Waals surface area contributed by atoms with Gasteiger partial charge in [0.1, 0.15) is 0 Å². The molecule has 2 saturated heterocycles. The monoisotopic (exact) mass is 272 g/mol. The van der Waals surface area contributed by atoms with Crippen LogP contribution in [0.1, 0.15) is 43.2 Å². The van der Waals surface area contributed by atoms with E-state index in [0.717, 1.165) is 32.1 Å². The Morgan fingerprint density at radius 3 is 2.40 bits per heavy atom. The van der Waals surface area contributed by atoms with Gasteiger partial charge in [-0.2, -0.15) is 0 Å². The van der Waals surface area contributed by atoms with Crippen molar-refractivity contribution in [2.75, 3.05) is 0 Å². The van der Waals surface area contributed by atoms with Crippen LogP contribution in [0.15, 0.2) is 24.3 Å². The van der Waals surface area contributed by atoms with Crippen molar-refractivity contribution in [1.29, 1.82) is 0 Å². The number of carbonyl (C=O) groups excluding carboxylic acids is 1. The van der Waals surface area contributed by atoms with Crippen LogP contribution in [0.5, 0.6) is 0 Å². The zero-order valence-corrected chi connectivity index (χ0v) is 12.2. The van der Waals surface area contributed by atoms with E-state index < -0.39 is 0 Å². The van der Waals surface area contributed by atoms with Crippen molar-refractivity contribution in [2.45, 2.75) is 63.6 Å². The van der Waals surface area contributed by atoms with Gasteiger partial charge in [-0.05, 0) is 44.6 Å². The highest BCUT2D eigenvalue weighted by molar-refractivity contribution is 5.77. The second kappa shape index (κ2) is 5.57. The van der Waals surface area contributed by atoms with Crippen molar-refractivity contribution in [1.82, 2.24) is 4.90 Å². The van der Waals surface area contributed by atoms with Gasteiger partial charge in [-0.1, -0.05) is 29.8 Å². The van der Waals surface area contributed by atoms with E-state index in [2.05, 4.69) is 36.1 Å². The molecule has 0 aromatic heterocycles. The number of nitrogens with two attached hydrogens (primary N) is 1. The molecule has 0 spiro atoms. The molecule has 2 heterocycles. The van der Waals surface area contributed by atoms with Crippen molar-refractivity contribution in [3.05, 3.63) is 35.4 Å². The van der Waals surface area contributed by atoms with Crippen LogP contribution >= 0.6 is 0 Å². The van der Waals surface area contributed by atoms with Crippen LogP contribution < -0.4 is 5.73 Å². The third-order valence-electron chi connectivity index (χ3n) is 4.81. The lowest BCUT2D eigenvalue weighted by atomic mass is 9.97. The van der Waals surface area contributed by atoms with Crippen LogP contribution in [0.25, 0.3) is 0 Å². The van der Waals surface area contributed by atoms with Crippen molar-refractivity contribution < 1.29 is 4.79 Å². The Kier molecular flexibility index (Phi) is 3.79. The number of fused-ring (bicyclic) bond motifs is 2. The molecule has 3 nitrogen and oxygen atoms in total.